The van der Waals surface area contributed by atoms with E-state index in [0.29, 0.717) is 16.9 Å². The van der Waals surface area contributed by atoms with Crippen molar-refractivity contribution in [1.82, 2.24) is 0 Å². The second-order valence-corrected chi connectivity index (χ2v) is 3.58. The fourth-order valence-electron chi connectivity index (χ4n) is 1.06. The maximum atomic E-state index is 9.00. The van der Waals surface area contributed by atoms with E-state index in [4.69, 9.17) is 15.1 Å². The molecule has 0 heterocycles. The smallest absolute Gasteiger partial charge is 0.137 e. The highest BCUT2D eigenvalue weighted by Crippen LogP contribution is 2.26. The largest absolute Gasteiger partial charge is 0.495 e. The third-order valence-corrected chi connectivity index (χ3v) is 2.43. The van der Waals surface area contributed by atoms with Crippen molar-refractivity contribution in [2.45, 2.75) is 6.61 Å². The molecule has 0 amide bonds. The number of benzene rings is 1. The maximum Gasteiger partial charge on any atom is 0.137 e. The molecule has 0 spiro atoms. The number of nitriles is 1. The lowest BCUT2D eigenvalue weighted by Gasteiger charge is -2.08. The van der Waals surface area contributed by atoms with Crippen LogP contribution in [0.1, 0.15) is 11.1 Å². The van der Waals surface area contributed by atoms with E-state index in [9.17, 15) is 0 Å². The Bertz CT molecular complexity index is 357. The molecule has 4 heteroatoms. The first-order valence-electron chi connectivity index (χ1n) is 3.60. The molecule has 0 unspecified atom stereocenters. The fraction of sp³-hybridized carbons (Fsp3) is 0.222. The van der Waals surface area contributed by atoms with Crippen molar-refractivity contribution in [2.75, 3.05) is 7.11 Å². The van der Waals surface area contributed by atoms with Gasteiger partial charge in [-0.25, -0.2) is 0 Å². The Kier molecular flexibility index (Phi) is 3.51. The monoisotopic (exact) mass is 289 g/mol. The molecule has 0 radical (unpaired) electrons. The zero-order chi connectivity index (χ0) is 9.84. The Morgan fingerprint density at radius 3 is 2.77 bits per heavy atom. The van der Waals surface area contributed by atoms with Crippen molar-refractivity contribution in [1.29, 1.82) is 5.26 Å². The minimum atomic E-state index is -0.116. The van der Waals surface area contributed by atoms with Crippen molar-refractivity contribution >= 4 is 22.6 Å². The highest BCUT2D eigenvalue weighted by molar-refractivity contribution is 14.1. The van der Waals surface area contributed by atoms with Gasteiger partial charge in [0.05, 0.1) is 28.9 Å². The first-order valence-corrected chi connectivity index (χ1v) is 4.68. The number of hydrogen-bond donors (Lipinski definition) is 1. The Balaban J connectivity index is 3.31. The number of nitrogens with zero attached hydrogens (tertiary/aromatic N) is 1. The van der Waals surface area contributed by atoms with Gasteiger partial charge in [-0.1, -0.05) is 0 Å². The zero-order valence-corrected chi connectivity index (χ0v) is 9.20. The Morgan fingerprint density at radius 2 is 2.31 bits per heavy atom. The lowest BCUT2D eigenvalue weighted by atomic mass is 10.1. The highest BCUT2D eigenvalue weighted by Gasteiger charge is 2.08. The van der Waals surface area contributed by atoms with Crippen LogP contribution in [0.2, 0.25) is 0 Å². The summed E-state index contributed by atoms with van der Waals surface area (Å²) in [5, 5.41) is 17.7. The summed E-state index contributed by atoms with van der Waals surface area (Å²) in [7, 11) is 1.54. The van der Waals surface area contributed by atoms with E-state index in [2.05, 4.69) is 22.6 Å². The van der Waals surface area contributed by atoms with Gasteiger partial charge < -0.3 is 9.84 Å². The number of ether oxygens (including phenoxy) is 1. The van der Waals surface area contributed by atoms with Crippen LogP contribution in [0.15, 0.2) is 12.1 Å². The average molecular weight is 289 g/mol. The predicted octanol–water partition coefficient (Wildman–Crippen LogP) is 1.66. The number of halogens is 1. The minimum absolute atomic E-state index is 0.116. The summed E-state index contributed by atoms with van der Waals surface area (Å²) in [6.07, 6.45) is 0. The van der Waals surface area contributed by atoms with E-state index < -0.39 is 0 Å². The van der Waals surface area contributed by atoms with Crippen molar-refractivity contribution in [3.8, 4) is 11.8 Å². The van der Waals surface area contributed by atoms with E-state index in [1.807, 2.05) is 6.07 Å². The van der Waals surface area contributed by atoms with Crippen LogP contribution in [0.25, 0.3) is 0 Å². The molecule has 0 aliphatic heterocycles. The molecule has 0 fully saturated rings. The van der Waals surface area contributed by atoms with Gasteiger partial charge in [0.1, 0.15) is 5.75 Å². The molecule has 0 aromatic heterocycles. The standard InChI is InChI=1S/C9H8INO2/c1-13-9-7(5-12)2-6(4-11)3-8(9)10/h2-3,12H,5H2,1H3. The van der Waals surface area contributed by atoms with Gasteiger partial charge in [-0.2, -0.15) is 5.26 Å². The maximum absolute atomic E-state index is 9.00. The Hall–Kier alpha value is -0.800. The molecule has 13 heavy (non-hydrogen) atoms. The molecule has 68 valence electrons. The van der Waals surface area contributed by atoms with Gasteiger partial charge in [-0.15, -0.1) is 0 Å². The highest BCUT2D eigenvalue weighted by atomic mass is 127. The van der Waals surface area contributed by atoms with Gasteiger partial charge in [0.2, 0.25) is 0 Å². The second kappa shape index (κ2) is 4.44. The first-order chi connectivity index (χ1) is 6.22. The molecule has 1 N–H and O–H groups in total. The van der Waals surface area contributed by atoms with Gasteiger partial charge in [0.15, 0.2) is 0 Å². The van der Waals surface area contributed by atoms with Crippen LogP contribution in [-0.2, 0) is 6.61 Å². The summed E-state index contributed by atoms with van der Waals surface area (Å²) in [5.74, 6) is 0.641. The summed E-state index contributed by atoms with van der Waals surface area (Å²) in [6, 6.07) is 5.37. The minimum Gasteiger partial charge on any atom is -0.495 e. The molecular formula is C9H8INO2. The van der Waals surface area contributed by atoms with Gasteiger partial charge >= 0.3 is 0 Å². The van der Waals surface area contributed by atoms with Crippen molar-refractivity contribution in [2.24, 2.45) is 0 Å². The van der Waals surface area contributed by atoms with Crippen LogP contribution in [0, 0.1) is 14.9 Å². The average Bonchev–Trinajstić information content (AvgIpc) is 2.16. The van der Waals surface area contributed by atoms with Crippen LogP contribution in [0.3, 0.4) is 0 Å². The third kappa shape index (κ3) is 2.11. The second-order valence-electron chi connectivity index (χ2n) is 2.42. The number of aliphatic hydroxyl groups excluding tert-OH is 1. The molecule has 0 saturated heterocycles. The molecule has 0 aliphatic rings. The Morgan fingerprint density at radius 1 is 1.62 bits per heavy atom. The fourth-order valence-corrected chi connectivity index (χ4v) is 1.96. The summed E-state index contributed by atoms with van der Waals surface area (Å²) in [5.41, 5.74) is 1.18. The van der Waals surface area contributed by atoms with Crippen LogP contribution in [0.4, 0.5) is 0 Å². The lowest BCUT2D eigenvalue weighted by molar-refractivity contribution is 0.273. The third-order valence-electron chi connectivity index (χ3n) is 1.62. The van der Waals surface area contributed by atoms with E-state index >= 15 is 0 Å². The summed E-state index contributed by atoms with van der Waals surface area (Å²) in [6.45, 7) is -0.116. The van der Waals surface area contributed by atoms with Crippen molar-refractivity contribution in [3.05, 3.63) is 26.8 Å². The van der Waals surface area contributed by atoms with Crippen molar-refractivity contribution < 1.29 is 9.84 Å². The van der Waals surface area contributed by atoms with Crippen LogP contribution < -0.4 is 4.74 Å². The molecule has 1 rings (SSSR count). The lowest BCUT2D eigenvalue weighted by Crippen LogP contribution is -1.95. The van der Waals surface area contributed by atoms with E-state index in [-0.39, 0.29) is 6.61 Å². The SMILES string of the molecule is COc1c(I)cc(C#N)cc1CO. The number of methoxy groups -OCH3 is 1. The van der Waals surface area contributed by atoms with Gasteiger partial charge in [-0.3, -0.25) is 0 Å². The normalized spacial score (nSPS) is 9.38. The summed E-state index contributed by atoms with van der Waals surface area (Å²) in [4.78, 5) is 0. The van der Waals surface area contributed by atoms with E-state index in [0.717, 1.165) is 3.57 Å². The quantitative estimate of drug-likeness (QED) is 0.842. The van der Waals surface area contributed by atoms with Gasteiger partial charge in [-0.05, 0) is 34.7 Å². The zero-order valence-electron chi connectivity index (χ0n) is 7.04. The molecular weight excluding hydrogens is 281 g/mol. The Labute approximate surface area is 90.1 Å². The molecule has 0 atom stereocenters. The molecule has 0 saturated carbocycles. The predicted molar refractivity (Wildman–Crippen MR) is 56.3 cm³/mol. The summed E-state index contributed by atoms with van der Waals surface area (Å²) < 4.78 is 5.93. The van der Waals surface area contributed by atoms with Crippen molar-refractivity contribution in [3.63, 3.8) is 0 Å². The number of rotatable bonds is 2. The first kappa shape index (κ1) is 10.3. The molecule has 3 nitrogen and oxygen atoms in total. The van der Waals surface area contributed by atoms with E-state index in [1.54, 1.807) is 19.2 Å². The molecule has 0 aliphatic carbocycles. The van der Waals surface area contributed by atoms with Gasteiger partial charge in [0, 0.05) is 5.56 Å². The topological polar surface area (TPSA) is 53.2 Å². The number of aliphatic hydroxyl groups is 1. The molecule has 1 aromatic carbocycles. The van der Waals surface area contributed by atoms with E-state index in [1.165, 1.54) is 0 Å². The van der Waals surface area contributed by atoms with Gasteiger partial charge in [0.25, 0.3) is 0 Å². The molecule has 0 bridgehead atoms. The summed E-state index contributed by atoms with van der Waals surface area (Å²) >= 11 is 2.07. The van der Waals surface area contributed by atoms with Crippen LogP contribution in [0.5, 0.6) is 5.75 Å². The van der Waals surface area contributed by atoms with Crippen LogP contribution >= 0.6 is 22.6 Å². The molecule has 1 aromatic rings. The number of hydrogen-bond acceptors (Lipinski definition) is 3. The van der Waals surface area contributed by atoms with Crippen LogP contribution in [-0.4, -0.2) is 12.2 Å².